The largest absolute Gasteiger partial charge is 0.411 e. The van der Waals surface area contributed by atoms with Crippen molar-refractivity contribution < 1.29 is 4.42 Å². The van der Waals surface area contributed by atoms with Crippen molar-refractivity contribution in [1.82, 2.24) is 20.2 Å². The number of thiophene rings is 1. The van der Waals surface area contributed by atoms with E-state index in [4.69, 9.17) is 4.42 Å². The minimum atomic E-state index is 0.478. The van der Waals surface area contributed by atoms with E-state index in [1.54, 1.807) is 17.7 Å². The molecule has 0 aliphatic rings. The Kier molecular flexibility index (Phi) is 5.32. The summed E-state index contributed by atoms with van der Waals surface area (Å²) in [6.07, 6.45) is 1.59. The Bertz CT molecular complexity index is 1100. The third kappa shape index (κ3) is 3.49. The second-order valence-corrected chi connectivity index (χ2v) is 8.48. The summed E-state index contributed by atoms with van der Waals surface area (Å²) in [7, 11) is 0. The maximum atomic E-state index is 5.89. The summed E-state index contributed by atoms with van der Waals surface area (Å²) in [6, 6.07) is 8.21. The molecule has 1 aromatic carbocycles. The van der Waals surface area contributed by atoms with Gasteiger partial charge in [0.2, 0.25) is 5.89 Å². The lowest BCUT2D eigenvalue weighted by atomic mass is 10.2. The van der Waals surface area contributed by atoms with Crippen LogP contribution < -0.4 is 4.90 Å². The molecule has 6 nitrogen and oxygen atoms in total. The van der Waals surface area contributed by atoms with Crippen molar-refractivity contribution in [2.45, 2.75) is 37.9 Å². The molecule has 28 heavy (non-hydrogen) atoms. The fourth-order valence-electron chi connectivity index (χ4n) is 3.08. The van der Waals surface area contributed by atoms with Gasteiger partial charge in [-0.2, -0.15) is 0 Å². The van der Waals surface area contributed by atoms with Crippen LogP contribution in [0.4, 0.5) is 5.69 Å². The first kappa shape index (κ1) is 18.9. The van der Waals surface area contributed by atoms with E-state index in [1.165, 1.54) is 27.9 Å². The molecule has 0 fully saturated rings. The minimum absolute atomic E-state index is 0.478. The van der Waals surface area contributed by atoms with E-state index in [9.17, 15) is 0 Å². The van der Waals surface area contributed by atoms with Crippen molar-refractivity contribution in [1.29, 1.82) is 0 Å². The SMILES string of the molecule is CCN(CC)c1ccc(-c2nnc(Sc3ncnc4sc(C)c(C)c34)o2)cc1. The highest BCUT2D eigenvalue weighted by Crippen LogP contribution is 2.37. The number of aryl methyl sites for hydroxylation is 2. The summed E-state index contributed by atoms with van der Waals surface area (Å²) in [5.41, 5.74) is 3.30. The summed E-state index contributed by atoms with van der Waals surface area (Å²) in [4.78, 5) is 13.3. The molecule has 0 spiro atoms. The molecule has 4 aromatic rings. The molecule has 144 valence electrons. The first-order chi connectivity index (χ1) is 13.6. The smallest absolute Gasteiger partial charge is 0.283 e. The van der Waals surface area contributed by atoms with Gasteiger partial charge >= 0.3 is 0 Å². The number of hydrogen-bond donors (Lipinski definition) is 0. The molecule has 4 rings (SSSR count). The molecule has 0 N–H and O–H groups in total. The molecule has 3 aromatic heterocycles. The second kappa shape index (κ2) is 7.89. The van der Waals surface area contributed by atoms with Crippen LogP contribution in [0.3, 0.4) is 0 Å². The third-order valence-corrected chi connectivity index (χ3v) is 6.72. The summed E-state index contributed by atoms with van der Waals surface area (Å²) in [5, 5.41) is 10.8. The van der Waals surface area contributed by atoms with Crippen LogP contribution in [0.15, 0.2) is 45.3 Å². The Morgan fingerprint density at radius 1 is 1.04 bits per heavy atom. The van der Waals surface area contributed by atoms with E-state index in [-0.39, 0.29) is 0 Å². The molecule has 0 bridgehead atoms. The van der Waals surface area contributed by atoms with Gasteiger partial charge in [0.15, 0.2) is 0 Å². The van der Waals surface area contributed by atoms with Gasteiger partial charge in [-0.15, -0.1) is 21.5 Å². The molecule has 0 atom stereocenters. The highest BCUT2D eigenvalue weighted by Gasteiger charge is 2.16. The Hall–Kier alpha value is -2.45. The van der Waals surface area contributed by atoms with Crippen molar-refractivity contribution >= 4 is 39.0 Å². The lowest BCUT2D eigenvalue weighted by molar-refractivity contribution is 0.465. The minimum Gasteiger partial charge on any atom is -0.411 e. The van der Waals surface area contributed by atoms with Crippen LogP contribution in [-0.2, 0) is 0 Å². The van der Waals surface area contributed by atoms with E-state index in [2.05, 4.69) is 64.9 Å². The summed E-state index contributed by atoms with van der Waals surface area (Å²) < 4.78 is 5.89. The monoisotopic (exact) mass is 411 g/mol. The maximum absolute atomic E-state index is 5.89. The molecule has 0 amide bonds. The number of nitrogens with zero attached hydrogens (tertiary/aromatic N) is 5. The number of aromatic nitrogens is 4. The Balaban J connectivity index is 1.59. The molecular weight excluding hydrogens is 390 g/mol. The van der Waals surface area contributed by atoms with Gasteiger partial charge < -0.3 is 9.32 Å². The van der Waals surface area contributed by atoms with Crippen LogP contribution in [0.25, 0.3) is 21.7 Å². The Morgan fingerprint density at radius 3 is 2.50 bits per heavy atom. The fourth-order valence-corrected chi connectivity index (χ4v) is 4.96. The van der Waals surface area contributed by atoms with Crippen LogP contribution in [-0.4, -0.2) is 33.3 Å². The molecule has 3 heterocycles. The van der Waals surface area contributed by atoms with Crippen LogP contribution in [0.2, 0.25) is 0 Å². The highest BCUT2D eigenvalue weighted by atomic mass is 32.2. The fraction of sp³-hybridized carbons (Fsp3) is 0.300. The predicted molar refractivity (Wildman–Crippen MR) is 114 cm³/mol. The van der Waals surface area contributed by atoms with Gasteiger partial charge in [-0.25, -0.2) is 9.97 Å². The van der Waals surface area contributed by atoms with E-state index in [0.717, 1.165) is 33.9 Å². The van der Waals surface area contributed by atoms with Crippen LogP contribution >= 0.6 is 23.1 Å². The first-order valence-electron chi connectivity index (χ1n) is 9.18. The van der Waals surface area contributed by atoms with Gasteiger partial charge in [0, 0.05) is 34.6 Å². The van der Waals surface area contributed by atoms with E-state index < -0.39 is 0 Å². The van der Waals surface area contributed by atoms with Gasteiger partial charge in [-0.1, -0.05) is 0 Å². The lowest BCUT2D eigenvalue weighted by Crippen LogP contribution is -2.21. The number of fused-ring (bicyclic) bond motifs is 1. The zero-order chi connectivity index (χ0) is 19.7. The van der Waals surface area contributed by atoms with E-state index in [0.29, 0.717) is 11.1 Å². The second-order valence-electron chi connectivity index (χ2n) is 6.34. The average Bonchev–Trinajstić information content (AvgIpc) is 3.29. The Morgan fingerprint density at radius 2 is 1.79 bits per heavy atom. The molecule has 8 heteroatoms. The first-order valence-corrected chi connectivity index (χ1v) is 10.8. The van der Waals surface area contributed by atoms with Crippen molar-refractivity contribution in [2.24, 2.45) is 0 Å². The third-order valence-electron chi connectivity index (χ3n) is 4.76. The van der Waals surface area contributed by atoms with Gasteiger partial charge in [0.1, 0.15) is 16.2 Å². The lowest BCUT2D eigenvalue weighted by Gasteiger charge is -2.20. The van der Waals surface area contributed by atoms with Gasteiger partial charge in [-0.05, 0) is 69.3 Å². The van der Waals surface area contributed by atoms with Crippen molar-refractivity contribution in [3.05, 3.63) is 41.0 Å². The molecule has 0 saturated heterocycles. The van der Waals surface area contributed by atoms with Crippen molar-refractivity contribution in [2.75, 3.05) is 18.0 Å². The summed E-state index contributed by atoms with van der Waals surface area (Å²) in [6.45, 7) is 10.5. The standard InChI is InChI=1S/C20H21N5OS2/c1-5-25(6-2)15-9-7-14(8-10-15)17-23-24-20(26-17)28-19-16-12(3)13(4)27-18(16)21-11-22-19/h7-11H,5-6H2,1-4H3. The van der Waals surface area contributed by atoms with Crippen LogP contribution in [0.5, 0.6) is 0 Å². The topological polar surface area (TPSA) is 67.9 Å². The molecule has 0 saturated carbocycles. The molecule has 0 aliphatic heterocycles. The Labute approximate surface area is 172 Å². The zero-order valence-electron chi connectivity index (χ0n) is 16.3. The molecule has 0 aliphatic carbocycles. The maximum Gasteiger partial charge on any atom is 0.283 e. The summed E-state index contributed by atoms with van der Waals surface area (Å²) in [5.74, 6) is 0.511. The number of hydrogen-bond acceptors (Lipinski definition) is 8. The van der Waals surface area contributed by atoms with Gasteiger partial charge in [0.05, 0.1) is 0 Å². The van der Waals surface area contributed by atoms with Crippen LogP contribution in [0.1, 0.15) is 24.3 Å². The van der Waals surface area contributed by atoms with Gasteiger partial charge in [0.25, 0.3) is 5.22 Å². The van der Waals surface area contributed by atoms with Crippen molar-refractivity contribution in [3.63, 3.8) is 0 Å². The quantitative estimate of drug-likeness (QED) is 0.396. The predicted octanol–water partition coefficient (Wildman–Crippen LogP) is 5.36. The van der Waals surface area contributed by atoms with Crippen LogP contribution in [0, 0.1) is 13.8 Å². The molecule has 0 unspecified atom stereocenters. The highest BCUT2D eigenvalue weighted by molar-refractivity contribution is 7.99. The molecular formula is C20H21N5OS2. The van der Waals surface area contributed by atoms with E-state index in [1.807, 2.05) is 12.1 Å². The average molecular weight is 412 g/mol. The summed E-state index contributed by atoms with van der Waals surface area (Å²) >= 11 is 3.06. The van der Waals surface area contributed by atoms with Crippen molar-refractivity contribution in [3.8, 4) is 11.5 Å². The number of rotatable bonds is 6. The molecule has 0 radical (unpaired) electrons. The normalized spacial score (nSPS) is 11.3. The number of benzene rings is 1. The van der Waals surface area contributed by atoms with Gasteiger partial charge in [-0.3, -0.25) is 0 Å². The van der Waals surface area contributed by atoms with E-state index >= 15 is 0 Å². The number of anilines is 1. The zero-order valence-corrected chi connectivity index (χ0v) is 17.9.